The molecule has 2 aliphatic rings. The van der Waals surface area contributed by atoms with E-state index in [1.165, 1.54) is 0 Å². The van der Waals surface area contributed by atoms with Gasteiger partial charge in [0.25, 0.3) is 0 Å². The van der Waals surface area contributed by atoms with Crippen molar-refractivity contribution in [1.29, 1.82) is 0 Å². The van der Waals surface area contributed by atoms with Gasteiger partial charge in [0.15, 0.2) is 0 Å². The van der Waals surface area contributed by atoms with Crippen LogP contribution in [-0.2, 0) is 4.79 Å². The second kappa shape index (κ2) is 2.12. The van der Waals surface area contributed by atoms with Crippen LogP contribution >= 0.6 is 0 Å². The van der Waals surface area contributed by atoms with Crippen molar-refractivity contribution in [3.63, 3.8) is 0 Å². The number of likely N-dealkylation sites (tertiary alicyclic amines) is 1. The molecule has 1 amide bonds. The van der Waals surface area contributed by atoms with Crippen LogP contribution in [0.1, 0.15) is 6.42 Å². The van der Waals surface area contributed by atoms with Gasteiger partial charge in [-0.2, -0.15) is 0 Å². The van der Waals surface area contributed by atoms with Crippen molar-refractivity contribution in [2.75, 3.05) is 6.54 Å². The molecule has 0 aromatic heterocycles. The topological polar surface area (TPSA) is 77.8 Å². The summed E-state index contributed by atoms with van der Waals surface area (Å²) < 4.78 is 0. The summed E-state index contributed by atoms with van der Waals surface area (Å²) in [5.74, 6) is -0.622. The van der Waals surface area contributed by atoms with Crippen LogP contribution in [0.5, 0.6) is 0 Å². The van der Waals surface area contributed by atoms with E-state index in [4.69, 9.17) is 10.2 Å². The molecule has 0 unspecified atom stereocenters. The zero-order chi connectivity index (χ0) is 8.88. The summed E-state index contributed by atoms with van der Waals surface area (Å²) in [7, 11) is 0. The highest BCUT2D eigenvalue weighted by Crippen LogP contribution is 2.49. The van der Waals surface area contributed by atoms with Gasteiger partial charge in [-0.15, -0.1) is 0 Å². The number of piperidine rings is 1. The molecule has 0 radical (unpaired) electrons. The molecular weight excluding hydrogens is 162 g/mol. The van der Waals surface area contributed by atoms with E-state index >= 15 is 0 Å². The minimum atomic E-state index is -1.12. The van der Waals surface area contributed by atoms with Gasteiger partial charge in [0.1, 0.15) is 6.04 Å². The fourth-order valence-electron chi connectivity index (χ4n) is 1.98. The summed E-state index contributed by atoms with van der Waals surface area (Å²) in [5.41, 5.74) is 0. The normalized spacial score (nSPS) is 37.7. The van der Waals surface area contributed by atoms with Crippen molar-refractivity contribution in [1.82, 2.24) is 4.90 Å². The maximum Gasteiger partial charge on any atom is 0.408 e. The SMILES string of the molecule is O=C(O)[C@@H]1[C@H]2C[C@@H]2CN1C(=O)O. The molecule has 1 saturated carbocycles. The first-order chi connectivity index (χ1) is 5.61. The standard InChI is InChI=1S/C7H9NO4/c9-6(10)5-4-1-3(4)2-8(5)7(11)12/h3-5H,1-2H2,(H,9,10)(H,11,12)/t3-,4+,5+/m1/s1. The number of hydrogen-bond acceptors (Lipinski definition) is 2. The van der Waals surface area contributed by atoms with Crippen molar-refractivity contribution >= 4 is 12.1 Å². The number of carbonyl (C=O) groups is 2. The number of aliphatic carboxylic acids is 1. The molecular formula is C7H9NO4. The molecule has 5 nitrogen and oxygen atoms in total. The van der Waals surface area contributed by atoms with Gasteiger partial charge in [-0.05, 0) is 18.3 Å². The monoisotopic (exact) mass is 171 g/mol. The molecule has 3 atom stereocenters. The van der Waals surface area contributed by atoms with Crippen LogP contribution < -0.4 is 0 Å². The van der Waals surface area contributed by atoms with E-state index in [9.17, 15) is 9.59 Å². The zero-order valence-electron chi connectivity index (χ0n) is 6.30. The van der Waals surface area contributed by atoms with Crippen LogP contribution in [0.2, 0.25) is 0 Å². The molecule has 2 N–H and O–H groups in total. The molecule has 1 aliphatic heterocycles. The van der Waals surface area contributed by atoms with Crippen molar-refractivity contribution in [3.05, 3.63) is 0 Å². The van der Waals surface area contributed by atoms with E-state index in [-0.39, 0.29) is 5.92 Å². The van der Waals surface area contributed by atoms with E-state index in [1.807, 2.05) is 0 Å². The van der Waals surface area contributed by atoms with Gasteiger partial charge in [-0.1, -0.05) is 0 Å². The highest BCUT2D eigenvalue weighted by atomic mass is 16.4. The molecule has 1 saturated heterocycles. The molecule has 12 heavy (non-hydrogen) atoms. The largest absolute Gasteiger partial charge is 0.480 e. The van der Waals surface area contributed by atoms with Gasteiger partial charge in [0, 0.05) is 6.54 Å². The lowest BCUT2D eigenvalue weighted by atomic mass is 10.2. The van der Waals surface area contributed by atoms with Gasteiger partial charge in [-0.3, -0.25) is 4.90 Å². The first kappa shape index (κ1) is 7.39. The van der Waals surface area contributed by atoms with Crippen molar-refractivity contribution in [3.8, 4) is 0 Å². The smallest absolute Gasteiger partial charge is 0.408 e. The van der Waals surface area contributed by atoms with Gasteiger partial charge in [0.2, 0.25) is 0 Å². The van der Waals surface area contributed by atoms with Crippen molar-refractivity contribution in [2.24, 2.45) is 11.8 Å². The Morgan fingerprint density at radius 2 is 2.00 bits per heavy atom. The lowest BCUT2D eigenvalue weighted by Gasteiger charge is -2.20. The Balaban J connectivity index is 2.16. The third-order valence-electron chi connectivity index (χ3n) is 2.65. The zero-order valence-corrected chi connectivity index (χ0v) is 6.30. The average molecular weight is 171 g/mol. The number of carboxylic acids is 1. The van der Waals surface area contributed by atoms with Gasteiger partial charge >= 0.3 is 12.1 Å². The molecule has 5 heteroatoms. The number of carboxylic acid groups (broad SMARTS) is 2. The Labute approximate surface area is 68.6 Å². The highest BCUT2D eigenvalue weighted by Gasteiger charge is 2.57. The Morgan fingerprint density at radius 1 is 1.33 bits per heavy atom. The number of amides is 1. The number of fused-ring (bicyclic) bond motifs is 1. The molecule has 2 fully saturated rings. The summed E-state index contributed by atoms with van der Waals surface area (Å²) in [4.78, 5) is 22.2. The summed E-state index contributed by atoms with van der Waals surface area (Å²) in [6.45, 7) is 0.400. The van der Waals surface area contributed by atoms with E-state index in [1.54, 1.807) is 0 Å². The van der Waals surface area contributed by atoms with Gasteiger partial charge in [0.05, 0.1) is 0 Å². The minimum Gasteiger partial charge on any atom is -0.480 e. The fraction of sp³-hybridized carbons (Fsp3) is 0.714. The predicted octanol–water partition coefficient (Wildman–Crippen LogP) is 0.0693. The molecule has 0 bridgehead atoms. The lowest BCUT2D eigenvalue weighted by Crippen LogP contribution is -2.42. The second-order valence-corrected chi connectivity index (χ2v) is 3.38. The number of rotatable bonds is 1. The average Bonchev–Trinajstić information content (AvgIpc) is 2.60. The number of hydrogen-bond donors (Lipinski definition) is 2. The number of nitrogens with zero attached hydrogens (tertiary/aromatic N) is 1. The Bertz CT molecular complexity index is 252. The summed E-state index contributed by atoms with van der Waals surface area (Å²) in [5, 5.41) is 17.4. The van der Waals surface area contributed by atoms with E-state index in [2.05, 4.69) is 0 Å². The second-order valence-electron chi connectivity index (χ2n) is 3.38. The third kappa shape index (κ3) is 0.855. The molecule has 1 heterocycles. The summed E-state index contributed by atoms with van der Waals surface area (Å²) >= 11 is 0. The first-order valence-corrected chi connectivity index (χ1v) is 3.83. The molecule has 2 rings (SSSR count). The van der Waals surface area contributed by atoms with Crippen LogP contribution in [0.25, 0.3) is 0 Å². The maximum absolute atomic E-state index is 10.6. The third-order valence-corrected chi connectivity index (χ3v) is 2.65. The molecule has 0 aromatic rings. The van der Waals surface area contributed by atoms with Gasteiger partial charge < -0.3 is 10.2 Å². The van der Waals surface area contributed by atoms with Crippen LogP contribution in [0.3, 0.4) is 0 Å². The van der Waals surface area contributed by atoms with Crippen LogP contribution in [-0.4, -0.2) is 39.8 Å². The van der Waals surface area contributed by atoms with Gasteiger partial charge in [-0.25, -0.2) is 9.59 Å². The first-order valence-electron chi connectivity index (χ1n) is 3.83. The highest BCUT2D eigenvalue weighted by molar-refractivity contribution is 5.81. The molecule has 0 spiro atoms. The van der Waals surface area contributed by atoms with Crippen molar-refractivity contribution < 1.29 is 19.8 Å². The molecule has 1 aliphatic carbocycles. The fourth-order valence-corrected chi connectivity index (χ4v) is 1.98. The van der Waals surface area contributed by atoms with Crippen LogP contribution in [0, 0.1) is 11.8 Å². The predicted molar refractivity (Wildman–Crippen MR) is 37.8 cm³/mol. The van der Waals surface area contributed by atoms with E-state index < -0.39 is 18.1 Å². The Kier molecular flexibility index (Phi) is 1.31. The molecule has 0 aromatic carbocycles. The molecule has 66 valence electrons. The summed E-state index contributed by atoms with van der Waals surface area (Å²) in [6.07, 6.45) is -0.240. The summed E-state index contributed by atoms with van der Waals surface area (Å²) in [6, 6.07) is -0.785. The Morgan fingerprint density at radius 3 is 2.42 bits per heavy atom. The van der Waals surface area contributed by atoms with E-state index in [0.29, 0.717) is 12.5 Å². The maximum atomic E-state index is 10.6. The van der Waals surface area contributed by atoms with Crippen LogP contribution in [0.15, 0.2) is 0 Å². The van der Waals surface area contributed by atoms with E-state index in [0.717, 1.165) is 11.3 Å². The lowest BCUT2D eigenvalue weighted by molar-refractivity contribution is -0.142. The van der Waals surface area contributed by atoms with Crippen LogP contribution in [0.4, 0.5) is 4.79 Å². The quantitative estimate of drug-likeness (QED) is 0.585. The Hall–Kier alpha value is -1.26. The minimum absolute atomic E-state index is 0.0820. The van der Waals surface area contributed by atoms with Crippen molar-refractivity contribution in [2.45, 2.75) is 12.5 Å².